The van der Waals surface area contributed by atoms with E-state index in [9.17, 15) is 9.59 Å². The van der Waals surface area contributed by atoms with Crippen molar-refractivity contribution in [1.29, 1.82) is 0 Å². The lowest BCUT2D eigenvalue weighted by molar-refractivity contribution is -0.116. The molecule has 0 aliphatic carbocycles. The number of hydrogen-bond donors (Lipinski definition) is 1. The molecule has 4 rings (SSSR count). The Kier molecular flexibility index (Phi) is 5.68. The number of nitrogens with one attached hydrogen (secondary N) is 1. The van der Waals surface area contributed by atoms with Crippen LogP contribution in [0.15, 0.2) is 70.1 Å². The summed E-state index contributed by atoms with van der Waals surface area (Å²) < 4.78 is 6.65. The van der Waals surface area contributed by atoms with Gasteiger partial charge in [0.2, 0.25) is 11.7 Å². The van der Waals surface area contributed by atoms with E-state index < -0.39 is 0 Å². The van der Waals surface area contributed by atoms with E-state index in [0.29, 0.717) is 22.1 Å². The minimum atomic E-state index is -0.309. The molecule has 0 saturated carbocycles. The first-order valence-electron chi connectivity index (χ1n) is 9.56. The Morgan fingerprint density at radius 3 is 2.42 bits per heavy atom. The van der Waals surface area contributed by atoms with Crippen LogP contribution in [-0.2, 0) is 11.3 Å². The first-order valence-corrected chi connectivity index (χ1v) is 9.94. The molecule has 0 aliphatic heterocycles. The number of anilines is 1. The Bertz CT molecular complexity index is 1290. The van der Waals surface area contributed by atoms with Crippen LogP contribution < -0.4 is 10.9 Å². The molecule has 0 radical (unpaired) electrons. The molecule has 0 fully saturated rings. The number of aromatic nitrogens is 3. The molecule has 0 spiro atoms. The molecular formula is C23H19ClN4O3. The van der Waals surface area contributed by atoms with Crippen molar-refractivity contribution in [3.8, 4) is 22.8 Å². The Labute approximate surface area is 183 Å². The van der Waals surface area contributed by atoms with Gasteiger partial charge < -0.3 is 14.4 Å². The Morgan fingerprint density at radius 2 is 1.71 bits per heavy atom. The smallest absolute Gasteiger partial charge is 0.259 e. The lowest BCUT2D eigenvalue weighted by Gasteiger charge is -2.09. The molecule has 156 valence electrons. The minimum Gasteiger partial charge on any atom is -0.334 e. The molecule has 1 amide bonds. The van der Waals surface area contributed by atoms with Crippen molar-refractivity contribution in [3.63, 3.8) is 0 Å². The molecule has 1 N–H and O–H groups in total. The molecule has 7 nitrogen and oxygen atoms in total. The topological polar surface area (TPSA) is 90.0 Å². The number of amides is 1. The van der Waals surface area contributed by atoms with Gasteiger partial charge in [0, 0.05) is 28.5 Å². The average Bonchev–Trinajstić information content (AvgIpc) is 3.19. The van der Waals surface area contributed by atoms with Crippen LogP contribution >= 0.6 is 11.6 Å². The SMILES string of the molecule is Cc1cc(C)cc(NC(=O)Cn2cc(-c3nc(-c4ccc(Cl)cc4)no3)ccc2=O)c1. The molecule has 0 saturated heterocycles. The van der Waals surface area contributed by atoms with Crippen molar-refractivity contribution in [1.82, 2.24) is 14.7 Å². The van der Waals surface area contributed by atoms with Gasteiger partial charge in [-0.25, -0.2) is 0 Å². The monoisotopic (exact) mass is 434 g/mol. The molecule has 2 heterocycles. The van der Waals surface area contributed by atoms with Gasteiger partial charge >= 0.3 is 0 Å². The van der Waals surface area contributed by atoms with Gasteiger partial charge in [0.1, 0.15) is 6.54 Å². The third-order valence-corrected chi connectivity index (χ3v) is 4.83. The van der Waals surface area contributed by atoms with Crippen LogP contribution in [-0.4, -0.2) is 20.6 Å². The second-order valence-electron chi connectivity index (χ2n) is 7.24. The fourth-order valence-corrected chi connectivity index (χ4v) is 3.37. The third kappa shape index (κ3) is 4.90. The summed E-state index contributed by atoms with van der Waals surface area (Å²) in [6.45, 7) is 3.77. The van der Waals surface area contributed by atoms with Gasteiger partial charge in [-0.05, 0) is 67.4 Å². The number of benzene rings is 2. The highest BCUT2D eigenvalue weighted by atomic mass is 35.5. The molecular weight excluding hydrogens is 416 g/mol. The van der Waals surface area contributed by atoms with Crippen molar-refractivity contribution >= 4 is 23.2 Å². The maximum absolute atomic E-state index is 12.5. The number of rotatable bonds is 5. The van der Waals surface area contributed by atoms with Crippen LogP contribution in [0.1, 0.15) is 11.1 Å². The molecule has 0 unspecified atom stereocenters. The summed E-state index contributed by atoms with van der Waals surface area (Å²) in [5, 5.41) is 7.42. The predicted molar refractivity (Wildman–Crippen MR) is 119 cm³/mol. The molecule has 31 heavy (non-hydrogen) atoms. The highest BCUT2D eigenvalue weighted by molar-refractivity contribution is 6.30. The minimum absolute atomic E-state index is 0.141. The molecule has 0 atom stereocenters. The fourth-order valence-electron chi connectivity index (χ4n) is 3.24. The van der Waals surface area contributed by atoms with Gasteiger partial charge in [0.15, 0.2) is 0 Å². The fraction of sp³-hybridized carbons (Fsp3) is 0.130. The zero-order valence-corrected chi connectivity index (χ0v) is 17.7. The van der Waals surface area contributed by atoms with Gasteiger partial charge in [-0.3, -0.25) is 9.59 Å². The van der Waals surface area contributed by atoms with E-state index in [4.69, 9.17) is 16.1 Å². The zero-order valence-electron chi connectivity index (χ0n) is 16.9. The number of halogens is 1. The van der Waals surface area contributed by atoms with E-state index in [2.05, 4.69) is 15.5 Å². The standard InChI is InChI=1S/C23H19ClN4O3/c1-14-9-15(2)11-19(10-14)25-20(29)13-28-12-17(5-8-21(28)30)23-26-22(27-31-23)16-3-6-18(24)7-4-16/h3-12H,13H2,1-2H3,(H,25,29). The molecule has 4 aromatic rings. The summed E-state index contributed by atoms with van der Waals surface area (Å²) in [5.41, 5.74) is 3.75. The van der Waals surface area contributed by atoms with E-state index in [1.807, 2.05) is 32.0 Å². The van der Waals surface area contributed by atoms with Crippen LogP contribution in [0, 0.1) is 13.8 Å². The summed E-state index contributed by atoms with van der Waals surface area (Å²) in [5.74, 6) is 0.335. The van der Waals surface area contributed by atoms with E-state index in [1.165, 1.54) is 16.8 Å². The van der Waals surface area contributed by atoms with E-state index in [1.54, 1.807) is 30.3 Å². The van der Waals surface area contributed by atoms with Crippen molar-refractivity contribution in [2.75, 3.05) is 5.32 Å². The number of aryl methyl sites for hydroxylation is 2. The summed E-state index contributed by atoms with van der Waals surface area (Å²) in [4.78, 5) is 29.1. The number of nitrogens with zero attached hydrogens (tertiary/aromatic N) is 3. The summed E-state index contributed by atoms with van der Waals surface area (Å²) >= 11 is 5.91. The van der Waals surface area contributed by atoms with Crippen molar-refractivity contribution in [2.24, 2.45) is 0 Å². The Balaban J connectivity index is 1.54. The zero-order chi connectivity index (χ0) is 22.0. The molecule has 2 aromatic heterocycles. The summed E-state index contributed by atoms with van der Waals surface area (Å²) in [6, 6.07) is 15.8. The maximum Gasteiger partial charge on any atom is 0.259 e. The van der Waals surface area contributed by atoms with Gasteiger partial charge in [-0.1, -0.05) is 22.8 Å². The Hall–Kier alpha value is -3.71. The first kappa shape index (κ1) is 20.6. The van der Waals surface area contributed by atoms with E-state index in [0.717, 1.165) is 16.7 Å². The van der Waals surface area contributed by atoms with Crippen molar-refractivity contribution < 1.29 is 9.32 Å². The number of pyridine rings is 1. The van der Waals surface area contributed by atoms with Crippen LogP contribution in [0.25, 0.3) is 22.8 Å². The van der Waals surface area contributed by atoms with E-state index >= 15 is 0 Å². The predicted octanol–water partition coefficient (Wildman–Crippen LogP) is 4.47. The third-order valence-electron chi connectivity index (χ3n) is 4.58. The van der Waals surface area contributed by atoms with Crippen molar-refractivity contribution in [2.45, 2.75) is 20.4 Å². The van der Waals surface area contributed by atoms with Crippen LogP contribution in [0.3, 0.4) is 0 Å². The van der Waals surface area contributed by atoms with Gasteiger partial charge in [-0.15, -0.1) is 0 Å². The van der Waals surface area contributed by atoms with Gasteiger partial charge in [0.05, 0.1) is 5.56 Å². The van der Waals surface area contributed by atoms with E-state index in [-0.39, 0.29) is 23.9 Å². The van der Waals surface area contributed by atoms with Crippen LogP contribution in [0.2, 0.25) is 5.02 Å². The Morgan fingerprint density at radius 1 is 1.03 bits per heavy atom. The number of hydrogen-bond acceptors (Lipinski definition) is 5. The number of carbonyl (C=O) groups excluding carboxylic acids is 1. The van der Waals surface area contributed by atoms with Crippen LogP contribution in [0.5, 0.6) is 0 Å². The lowest BCUT2D eigenvalue weighted by atomic mass is 10.1. The molecule has 2 aromatic carbocycles. The number of carbonyl (C=O) groups is 1. The highest BCUT2D eigenvalue weighted by Crippen LogP contribution is 2.23. The molecule has 8 heteroatoms. The highest BCUT2D eigenvalue weighted by Gasteiger charge is 2.13. The normalized spacial score (nSPS) is 10.8. The lowest BCUT2D eigenvalue weighted by Crippen LogP contribution is -2.26. The van der Waals surface area contributed by atoms with Gasteiger partial charge in [-0.2, -0.15) is 4.98 Å². The van der Waals surface area contributed by atoms with Crippen LogP contribution in [0.4, 0.5) is 5.69 Å². The van der Waals surface area contributed by atoms with Crippen molar-refractivity contribution in [3.05, 3.63) is 87.3 Å². The molecule has 0 aliphatic rings. The van der Waals surface area contributed by atoms with Gasteiger partial charge in [0.25, 0.3) is 11.4 Å². The summed E-state index contributed by atoms with van der Waals surface area (Å²) in [6.07, 6.45) is 1.53. The second-order valence-corrected chi connectivity index (χ2v) is 7.67. The second kappa shape index (κ2) is 8.57. The average molecular weight is 435 g/mol. The summed E-state index contributed by atoms with van der Waals surface area (Å²) in [7, 11) is 0. The molecule has 0 bridgehead atoms. The first-order chi connectivity index (χ1) is 14.9. The maximum atomic E-state index is 12.5. The quantitative estimate of drug-likeness (QED) is 0.500. The largest absolute Gasteiger partial charge is 0.334 e.